The molecule has 82 valence electrons. The van der Waals surface area contributed by atoms with Crippen molar-refractivity contribution in [2.75, 3.05) is 0 Å². The van der Waals surface area contributed by atoms with Gasteiger partial charge in [-0.1, -0.05) is 6.92 Å². The van der Waals surface area contributed by atoms with E-state index >= 15 is 0 Å². The third-order valence-corrected chi connectivity index (χ3v) is 2.05. The van der Waals surface area contributed by atoms with E-state index in [-0.39, 0.29) is 12.0 Å². The molecule has 1 rings (SSSR count). The van der Waals surface area contributed by atoms with Gasteiger partial charge < -0.3 is 5.11 Å². The van der Waals surface area contributed by atoms with Crippen molar-refractivity contribution in [1.82, 2.24) is 0 Å². The summed E-state index contributed by atoms with van der Waals surface area (Å²) >= 11 is 0. The molecule has 0 radical (unpaired) electrons. The van der Waals surface area contributed by atoms with Crippen molar-refractivity contribution in [3.63, 3.8) is 0 Å². The first-order valence-corrected chi connectivity index (χ1v) is 4.28. The molecule has 1 aromatic carbocycles. The average molecular weight is 218 g/mol. The van der Waals surface area contributed by atoms with Crippen LogP contribution < -0.4 is 0 Å². The third kappa shape index (κ3) is 2.71. The molecule has 0 aliphatic heterocycles. The highest BCUT2D eigenvalue weighted by Gasteiger charge is 2.17. The van der Waals surface area contributed by atoms with E-state index in [1.54, 1.807) is 0 Å². The minimum Gasteiger partial charge on any atom is -0.481 e. The van der Waals surface area contributed by atoms with Crippen LogP contribution in [0, 0.1) is 17.5 Å². The molecule has 1 aromatic rings. The SMILES string of the molecule is C[C@H](CC(=O)O)c1cc(F)c(F)cc1F. The molecule has 0 fully saturated rings. The molecular weight excluding hydrogens is 209 g/mol. The van der Waals surface area contributed by atoms with Crippen molar-refractivity contribution >= 4 is 5.97 Å². The number of aliphatic carboxylic acids is 1. The lowest BCUT2D eigenvalue weighted by molar-refractivity contribution is -0.137. The number of carboxylic acids is 1. The van der Waals surface area contributed by atoms with Gasteiger partial charge in [-0.3, -0.25) is 4.79 Å². The standard InChI is InChI=1S/C10H9F3O2/c1-5(2-10(14)15)6-3-8(12)9(13)4-7(6)11/h3-5H,2H2,1H3,(H,14,15)/t5-/m1/s1. The van der Waals surface area contributed by atoms with Crippen molar-refractivity contribution in [1.29, 1.82) is 0 Å². The number of hydrogen-bond acceptors (Lipinski definition) is 1. The van der Waals surface area contributed by atoms with Crippen LogP contribution in [-0.4, -0.2) is 11.1 Å². The maximum Gasteiger partial charge on any atom is 0.303 e. The fourth-order valence-electron chi connectivity index (χ4n) is 1.29. The van der Waals surface area contributed by atoms with E-state index < -0.39 is 29.3 Å². The van der Waals surface area contributed by atoms with Gasteiger partial charge in [-0.15, -0.1) is 0 Å². The molecule has 1 atom stereocenters. The van der Waals surface area contributed by atoms with E-state index in [0.717, 1.165) is 0 Å². The van der Waals surface area contributed by atoms with Crippen molar-refractivity contribution < 1.29 is 23.1 Å². The molecule has 0 saturated carbocycles. The smallest absolute Gasteiger partial charge is 0.303 e. The molecule has 15 heavy (non-hydrogen) atoms. The molecule has 0 saturated heterocycles. The second kappa shape index (κ2) is 4.33. The van der Waals surface area contributed by atoms with Gasteiger partial charge in [0.15, 0.2) is 11.6 Å². The minimum absolute atomic E-state index is 0.128. The number of hydrogen-bond donors (Lipinski definition) is 1. The highest BCUT2D eigenvalue weighted by molar-refractivity contribution is 5.67. The molecular formula is C10H9F3O2. The zero-order valence-electron chi connectivity index (χ0n) is 7.93. The summed E-state index contributed by atoms with van der Waals surface area (Å²) in [7, 11) is 0. The van der Waals surface area contributed by atoms with Gasteiger partial charge in [0.2, 0.25) is 0 Å². The van der Waals surface area contributed by atoms with Crippen molar-refractivity contribution in [3.8, 4) is 0 Å². The van der Waals surface area contributed by atoms with Gasteiger partial charge >= 0.3 is 5.97 Å². The first kappa shape index (κ1) is 11.6. The third-order valence-electron chi connectivity index (χ3n) is 2.05. The Labute approximate surface area is 84.3 Å². The van der Waals surface area contributed by atoms with Crippen molar-refractivity contribution in [2.24, 2.45) is 0 Å². The van der Waals surface area contributed by atoms with E-state index in [0.29, 0.717) is 12.1 Å². The predicted octanol–water partition coefficient (Wildman–Crippen LogP) is 2.68. The Morgan fingerprint density at radius 1 is 1.27 bits per heavy atom. The molecule has 0 aliphatic carbocycles. The number of carbonyl (C=O) groups is 1. The summed E-state index contributed by atoms with van der Waals surface area (Å²) < 4.78 is 38.5. The second-order valence-corrected chi connectivity index (χ2v) is 3.29. The molecule has 2 nitrogen and oxygen atoms in total. The van der Waals surface area contributed by atoms with Gasteiger partial charge in [-0.25, -0.2) is 13.2 Å². The number of rotatable bonds is 3. The molecule has 0 heterocycles. The van der Waals surface area contributed by atoms with Gasteiger partial charge in [0.25, 0.3) is 0 Å². The minimum atomic E-state index is -1.28. The molecule has 0 bridgehead atoms. The summed E-state index contributed by atoms with van der Waals surface area (Å²) in [5, 5.41) is 8.47. The monoisotopic (exact) mass is 218 g/mol. The van der Waals surface area contributed by atoms with Crippen LogP contribution in [0.4, 0.5) is 13.2 Å². The Kier molecular flexibility index (Phi) is 3.34. The van der Waals surface area contributed by atoms with Gasteiger partial charge in [-0.05, 0) is 17.5 Å². The van der Waals surface area contributed by atoms with Crippen molar-refractivity contribution in [3.05, 3.63) is 35.1 Å². The first-order valence-electron chi connectivity index (χ1n) is 4.28. The van der Waals surface area contributed by atoms with E-state index in [1.165, 1.54) is 6.92 Å². The molecule has 0 unspecified atom stereocenters. The fraction of sp³-hybridized carbons (Fsp3) is 0.300. The van der Waals surface area contributed by atoms with Crippen LogP contribution in [0.1, 0.15) is 24.8 Å². The molecule has 0 aromatic heterocycles. The topological polar surface area (TPSA) is 37.3 Å². The quantitative estimate of drug-likeness (QED) is 0.792. The van der Waals surface area contributed by atoms with Crippen LogP contribution in [0.2, 0.25) is 0 Å². The van der Waals surface area contributed by atoms with Crippen LogP contribution in [0.15, 0.2) is 12.1 Å². The normalized spacial score (nSPS) is 12.5. The summed E-state index contributed by atoms with van der Waals surface area (Å²) in [5.41, 5.74) is -0.128. The zero-order chi connectivity index (χ0) is 11.6. The van der Waals surface area contributed by atoms with Gasteiger partial charge in [-0.2, -0.15) is 0 Å². The van der Waals surface area contributed by atoms with Crippen LogP contribution in [0.5, 0.6) is 0 Å². The second-order valence-electron chi connectivity index (χ2n) is 3.29. The van der Waals surface area contributed by atoms with Gasteiger partial charge in [0, 0.05) is 6.07 Å². The molecule has 0 aliphatic rings. The first-order chi connectivity index (χ1) is 6.91. The Bertz CT molecular complexity index is 390. The Morgan fingerprint density at radius 3 is 2.33 bits per heavy atom. The maximum atomic E-state index is 13.1. The predicted molar refractivity (Wildman–Crippen MR) is 47.0 cm³/mol. The lowest BCUT2D eigenvalue weighted by atomic mass is 9.97. The van der Waals surface area contributed by atoms with Crippen LogP contribution in [0.3, 0.4) is 0 Å². The summed E-state index contributed by atoms with van der Waals surface area (Å²) in [4.78, 5) is 10.4. The van der Waals surface area contributed by atoms with Gasteiger partial charge in [0.1, 0.15) is 5.82 Å². The van der Waals surface area contributed by atoms with Crippen LogP contribution >= 0.6 is 0 Å². The summed E-state index contributed by atoms with van der Waals surface area (Å²) in [6, 6.07) is 1.11. The molecule has 5 heteroatoms. The zero-order valence-corrected chi connectivity index (χ0v) is 7.93. The number of benzene rings is 1. The highest BCUT2D eigenvalue weighted by atomic mass is 19.2. The van der Waals surface area contributed by atoms with Crippen LogP contribution in [0.25, 0.3) is 0 Å². The van der Waals surface area contributed by atoms with Crippen molar-refractivity contribution in [2.45, 2.75) is 19.3 Å². The average Bonchev–Trinajstić information content (AvgIpc) is 2.09. The lowest BCUT2D eigenvalue weighted by Crippen LogP contribution is -2.06. The number of halogens is 3. The maximum absolute atomic E-state index is 13.1. The summed E-state index contributed by atoms with van der Waals surface area (Å²) in [5.74, 6) is -5.20. The Balaban J connectivity index is 3.03. The lowest BCUT2D eigenvalue weighted by Gasteiger charge is -2.10. The largest absolute Gasteiger partial charge is 0.481 e. The van der Waals surface area contributed by atoms with E-state index in [1.807, 2.05) is 0 Å². The van der Waals surface area contributed by atoms with Gasteiger partial charge in [0.05, 0.1) is 6.42 Å². The van der Waals surface area contributed by atoms with E-state index in [4.69, 9.17) is 5.11 Å². The summed E-state index contributed by atoms with van der Waals surface area (Å²) in [6.45, 7) is 1.43. The fourth-order valence-corrected chi connectivity index (χ4v) is 1.29. The molecule has 0 amide bonds. The van der Waals surface area contributed by atoms with E-state index in [2.05, 4.69) is 0 Å². The Hall–Kier alpha value is -1.52. The molecule has 1 N–H and O–H groups in total. The Morgan fingerprint density at radius 2 is 1.80 bits per heavy atom. The molecule has 0 spiro atoms. The number of carboxylic acid groups (broad SMARTS) is 1. The van der Waals surface area contributed by atoms with Crippen LogP contribution in [-0.2, 0) is 4.79 Å². The van der Waals surface area contributed by atoms with E-state index in [9.17, 15) is 18.0 Å². The highest BCUT2D eigenvalue weighted by Crippen LogP contribution is 2.24. The summed E-state index contributed by atoms with van der Waals surface area (Å²) in [6.07, 6.45) is -0.331.